The zero-order chi connectivity index (χ0) is 24.7. The summed E-state index contributed by atoms with van der Waals surface area (Å²) in [5.41, 5.74) is -2.99. The lowest BCUT2D eigenvalue weighted by Crippen LogP contribution is -2.46. The summed E-state index contributed by atoms with van der Waals surface area (Å²) in [5, 5.41) is 3.23. The third-order valence-electron chi connectivity index (χ3n) is 5.94. The van der Waals surface area contributed by atoms with Crippen LogP contribution in [0.25, 0.3) is 0 Å². The average molecular weight is 488 g/mol. The van der Waals surface area contributed by atoms with Crippen LogP contribution in [-0.4, -0.2) is 45.5 Å². The molecule has 6 nitrogen and oxygen atoms in total. The maximum absolute atomic E-state index is 13.1. The Kier molecular flexibility index (Phi) is 6.45. The van der Waals surface area contributed by atoms with E-state index < -0.39 is 36.2 Å². The lowest BCUT2D eigenvalue weighted by molar-refractivity contribution is -0.143. The second kappa shape index (κ2) is 9.05. The van der Waals surface area contributed by atoms with Crippen LogP contribution in [0.2, 0.25) is 0 Å². The Balaban J connectivity index is 1.40. The first-order chi connectivity index (χ1) is 15.9. The number of carbonyl (C=O) groups excluding carboxylic acids is 1. The van der Waals surface area contributed by atoms with Crippen LogP contribution >= 0.6 is 0 Å². The van der Waals surface area contributed by atoms with Crippen LogP contribution in [0.3, 0.4) is 0 Å². The third kappa shape index (κ3) is 5.60. The normalized spacial score (nSPS) is 23.2. The van der Waals surface area contributed by atoms with Gasteiger partial charge in [-0.3, -0.25) is 4.79 Å². The summed E-state index contributed by atoms with van der Waals surface area (Å²) >= 11 is 0. The van der Waals surface area contributed by atoms with E-state index in [0.29, 0.717) is 36.6 Å². The van der Waals surface area contributed by atoms with Crippen LogP contribution in [0.4, 0.5) is 32.2 Å². The van der Waals surface area contributed by atoms with Crippen molar-refractivity contribution >= 4 is 11.7 Å². The number of fused-ring (bicyclic) bond motifs is 1. The second-order valence-corrected chi connectivity index (χ2v) is 8.55. The molecule has 0 radical (unpaired) electrons. The van der Waals surface area contributed by atoms with Gasteiger partial charge < -0.3 is 15.0 Å². The van der Waals surface area contributed by atoms with E-state index in [9.17, 15) is 31.1 Å². The number of anilines is 1. The minimum Gasteiger partial charge on any atom is -0.372 e. The minimum absolute atomic E-state index is 0.0876. The second-order valence-electron chi connectivity index (χ2n) is 8.55. The molecule has 0 bridgehead atoms. The highest BCUT2D eigenvalue weighted by molar-refractivity contribution is 5.79. The Hall–Kier alpha value is -2.89. The lowest BCUT2D eigenvalue weighted by Gasteiger charge is -2.34. The first kappa shape index (κ1) is 24.2. The fraction of sp³-hybridized carbons (Fsp3) is 0.500. The number of hydrogen-bond acceptors (Lipinski definition) is 5. The number of piperidine rings is 1. The maximum Gasteiger partial charge on any atom is 0.416 e. The van der Waals surface area contributed by atoms with Gasteiger partial charge in [0.2, 0.25) is 5.91 Å². The number of aromatic nitrogens is 2. The van der Waals surface area contributed by atoms with Gasteiger partial charge in [0.25, 0.3) is 0 Å². The van der Waals surface area contributed by atoms with Gasteiger partial charge in [-0.25, -0.2) is 9.97 Å². The molecule has 12 heteroatoms. The van der Waals surface area contributed by atoms with Crippen LogP contribution < -0.4 is 5.32 Å². The number of nitrogens with one attached hydrogen (secondary N) is 1. The van der Waals surface area contributed by atoms with Crippen molar-refractivity contribution in [1.82, 2.24) is 14.9 Å². The molecule has 2 aromatic rings. The van der Waals surface area contributed by atoms with Gasteiger partial charge in [-0.1, -0.05) is 0 Å². The molecular weight excluding hydrogens is 466 g/mol. The minimum atomic E-state index is -4.92. The van der Waals surface area contributed by atoms with Gasteiger partial charge in [-0.05, 0) is 49.6 Å². The zero-order valence-corrected chi connectivity index (χ0v) is 18.1. The van der Waals surface area contributed by atoms with Crippen molar-refractivity contribution in [3.05, 3.63) is 53.0 Å². The monoisotopic (exact) mass is 488 g/mol. The standard InChI is InChI=1S/C22H22F6N4O2/c1-12-29-3-2-19(30-12)31-16-7-17-9-18(10-32(17)20(33)8-16)34-11-13-4-14(21(23,24)25)6-15(5-13)22(26,27)28/h2-6,16-18H,7-11H2,1H3,(H,29,30,31). The van der Waals surface area contributed by atoms with Gasteiger partial charge in [0, 0.05) is 31.2 Å². The fourth-order valence-electron chi connectivity index (χ4n) is 4.44. The molecular formula is C22H22F6N4O2. The van der Waals surface area contributed by atoms with Gasteiger partial charge in [0.05, 0.1) is 23.8 Å². The molecule has 2 saturated heterocycles. The summed E-state index contributed by atoms with van der Waals surface area (Å²) < 4.78 is 84.1. The van der Waals surface area contributed by atoms with Gasteiger partial charge >= 0.3 is 12.4 Å². The summed E-state index contributed by atoms with van der Waals surface area (Å²) in [4.78, 5) is 22.6. The summed E-state index contributed by atoms with van der Waals surface area (Å²) in [5.74, 6) is 1.10. The van der Waals surface area contributed by atoms with Crippen molar-refractivity contribution in [3.8, 4) is 0 Å². The van der Waals surface area contributed by atoms with E-state index in [1.54, 1.807) is 24.1 Å². The topological polar surface area (TPSA) is 67.4 Å². The summed E-state index contributed by atoms with van der Waals surface area (Å²) in [6.45, 7) is 1.57. The molecule has 184 valence electrons. The molecule has 0 spiro atoms. The van der Waals surface area contributed by atoms with E-state index >= 15 is 0 Å². The van der Waals surface area contributed by atoms with Crippen LogP contribution in [0.1, 0.15) is 41.8 Å². The molecule has 0 aliphatic carbocycles. The number of ether oxygens (including phenoxy) is 1. The number of nitrogens with zero attached hydrogens (tertiary/aromatic N) is 3. The molecule has 2 aliphatic rings. The molecule has 2 aliphatic heterocycles. The number of rotatable bonds is 5. The zero-order valence-electron chi connectivity index (χ0n) is 18.1. The molecule has 3 atom stereocenters. The summed E-state index contributed by atoms with van der Waals surface area (Å²) in [6, 6.07) is 2.82. The fourth-order valence-corrected chi connectivity index (χ4v) is 4.44. The van der Waals surface area contributed by atoms with Crippen molar-refractivity contribution in [3.63, 3.8) is 0 Å². The predicted molar refractivity (Wildman–Crippen MR) is 109 cm³/mol. The Morgan fingerprint density at radius 1 is 1.09 bits per heavy atom. The molecule has 1 amide bonds. The molecule has 1 aromatic carbocycles. The Morgan fingerprint density at radius 3 is 2.38 bits per heavy atom. The van der Waals surface area contributed by atoms with Crippen molar-refractivity contribution in [2.75, 3.05) is 11.9 Å². The number of amides is 1. The lowest BCUT2D eigenvalue weighted by atomic mass is 9.97. The third-order valence-corrected chi connectivity index (χ3v) is 5.94. The highest BCUT2D eigenvalue weighted by Gasteiger charge is 2.42. The first-order valence-corrected chi connectivity index (χ1v) is 10.6. The van der Waals surface area contributed by atoms with Gasteiger partial charge in [0.1, 0.15) is 11.6 Å². The van der Waals surface area contributed by atoms with E-state index in [0.717, 1.165) is 0 Å². The smallest absolute Gasteiger partial charge is 0.372 e. The Bertz CT molecular complexity index is 1030. The Labute approximate surface area is 191 Å². The molecule has 4 rings (SSSR count). The number of aryl methyl sites for hydroxylation is 1. The van der Waals surface area contributed by atoms with E-state index in [4.69, 9.17) is 4.74 Å². The van der Waals surface area contributed by atoms with Crippen LogP contribution in [0.15, 0.2) is 30.5 Å². The molecule has 2 fully saturated rings. The maximum atomic E-state index is 13.1. The van der Waals surface area contributed by atoms with E-state index in [1.807, 2.05) is 0 Å². The summed E-state index contributed by atoms with van der Waals surface area (Å²) in [7, 11) is 0. The largest absolute Gasteiger partial charge is 0.416 e. The number of halogens is 6. The van der Waals surface area contributed by atoms with Gasteiger partial charge in [0.15, 0.2) is 0 Å². The van der Waals surface area contributed by atoms with E-state index in [2.05, 4.69) is 15.3 Å². The van der Waals surface area contributed by atoms with Gasteiger partial charge in [-0.15, -0.1) is 0 Å². The van der Waals surface area contributed by atoms with Gasteiger partial charge in [-0.2, -0.15) is 26.3 Å². The first-order valence-electron chi connectivity index (χ1n) is 10.6. The Morgan fingerprint density at radius 2 is 1.76 bits per heavy atom. The molecule has 1 aromatic heterocycles. The SMILES string of the molecule is Cc1nccc(NC2CC(=O)N3CC(OCc4cc(C(F)(F)F)cc(C(F)(F)F)c4)CC3C2)n1. The highest BCUT2D eigenvalue weighted by Crippen LogP contribution is 2.37. The average Bonchev–Trinajstić information content (AvgIpc) is 3.14. The number of alkyl halides is 6. The molecule has 3 unspecified atom stereocenters. The van der Waals surface area contributed by atoms with Crippen LogP contribution in [-0.2, 0) is 28.5 Å². The number of hydrogen-bond donors (Lipinski definition) is 1. The van der Waals surface area contributed by atoms with Crippen molar-refractivity contribution in [2.24, 2.45) is 0 Å². The van der Waals surface area contributed by atoms with E-state index in [1.165, 1.54) is 0 Å². The molecule has 0 saturated carbocycles. The quantitative estimate of drug-likeness (QED) is 0.624. The highest BCUT2D eigenvalue weighted by atomic mass is 19.4. The van der Waals surface area contributed by atoms with E-state index in [-0.39, 0.29) is 42.6 Å². The van der Waals surface area contributed by atoms with Crippen LogP contribution in [0, 0.1) is 6.92 Å². The molecule has 3 heterocycles. The summed E-state index contributed by atoms with van der Waals surface area (Å²) in [6.07, 6.45) is -7.40. The number of carbonyl (C=O) groups is 1. The molecule has 1 N–H and O–H groups in total. The predicted octanol–water partition coefficient (Wildman–Crippen LogP) is 4.58. The van der Waals surface area contributed by atoms with Crippen molar-refractivity contribution < 1.29 is 35.9 Å². The molecule has 34 heavy (non-hydrogen) atoms. The van der Waals surface area contributed by atoms with Crippen molar-refractivity contribution in [1.29, 1.82) is 0 Å². The number of benzene rings is 1. The van der Waals surface area contributed by atoms with Crippen LogP contribution in [0.5, 0.6) is 0 Å². The van der Waals surface area contributed by atoms with Crippen molar-refractivity contribution in [2.45, 2.75) is 63.3 Å².